The predicted molar refractivity (Wildman–Crippen MR) is 354 cm³/mol. The molecule has 0 heterocycles. The number of carbonyl (C=O) groups is 4. The number of phosphoric acid groups is 2. The first-order valence-electron chi connectivity index (χ1n) is 36.3. The number of ether oxygens (including phenoxy) is 4. The molecule has 0 aromatic carbocycles. The van der Waals surface area contributed by atoms with Gasteiger partial charge in [0.05, 0.1) is 26.4 Å². The smallest absolute Gasteiger partial charge is 0.462 e. The molecule has 0 radical (unpaired) electrons. The van der Waals surface area contributed by atoms with E-state index in [-0.39, 0.29) is 25.7 Å². The van der Waals surface area contributed by atoms with E-state index in [1.165, 1.54) is 193 Å². The molecule has 88 heavy (non-hydrogen) atoms. The van der Waals surface area contributed by atoms with Gasteiger partial charge in [-0.05, 0) is 25.7 Å². The van der Waals surface area contributed by atoms with Gasteiger partial charge < -0.3 is 33.8 Å². The molecule has 3 N–H and O–H groups in total. The fraction of sp³-hybridized carbons (Fsp3) is 0.942. The molecule has 0 saturated heterocycles. The predicted octanol–water partition coefficient (Wildman–Crippen LogP) is 19.9. The summed E-state index contributed by atoms with van der Waals surface area (Å²) in [5.74, 6) is -2.12. The highest BCUT2D eigenvalue weighted by Gasteiger charge is 2.30. The molecule has 0 fully saturated rings. The van der Waals surface area contributed by atoms with Gasteiger partial charge in [0, 0.05) is 25.7 Å². The first-order valence-corrected chi connectivity index (χ1v) is 39.3. The fourth-order valence-electron chi connectivity index (χ4n) is 10.5. The summed E-state index contributed by atoms with van der Waals surface area (Å²) in [6, 6.07) is 0. The van der Waals surface area contributed by atoms with Crippen LogP contribution in [0.5, 0.6) is 0 Å². The third-order valence-electron chi connectivity index (χ3n) is 16.1. The molecule has 19 heteroatoms. The van der Waals surface area contributed by atoms with Crippen LogP contribution in [0.25, 0.3) is 0 Å². The maximum absolute atomic E-state index is 13.0. The van der Waals surface area contributed by atoms with Crippen molar-refractivity contribution >= 4 is 39.5 Å². The Morgan fingerprint density at radius 1 is 0.273 bits per heavy atom. The number of phosphoric ester groups is 2. The van der Waals surface area contributed by atoms with Crippen LogP contribution in [0.1, 0.15) is 362 Å². The van der Waals surface area contributed by atoms with E-state index in [2.05, 4.69) is 27.7 Å². The minimum Gasteiger partial charge on any atom is -0.462 e. The van der Waals surface area contributed by atoms with E-state index in [1.54, 1.807) is 0 Å². The lowest BCUT2D eigenvalue weighted by molar-refractivity contribution is -0.161. The zero-order valence-corrected chi connectivity index (χ0v) is 58.5. The summed E-state index contributed by atoms with van der Waals surface area (Å²) >= 11 is 0. The quantitative estimate of drug-likeness (QED) is 0.0222. The Hall–Kier alpha value is -1.94. The first kappa shape index (κ1) is 86.1. The number of rotatable bonds is 70. The van der Waals surface area contributed by atoms with Crippen molar-refractivity contribution in [2.45, 2.75) is 380 Å². The molecule has 0 aromatic rings. The van der Waals surface area contributed by atoms with Gasteiger partial charge in [0.1, 0.15) is 19.3 Å². The molecule has 0 amide bonds. The van der Waals surface area contributed by atoms with Crippen molar-refractivity contribution in [1.82, 2.24) is 0 Å². The van der Waals surface area contributed by atoms with Gasteiger partial charge in [-0.25, -0.2) is 9.13 Å². The highest BCUT2D eigenvalue weighted by molar-refractivity contribution is 7.47. The van der Waals surface area contributed by atoms with Crippen LogP contribution in [0, 0.1) is 0 Å². The van der Waals surface area contributed by atoms with Crippen LogP contribution in [0.3, 0.4) is 0 Å². The number of hydrogen-bond donors (Lipinski definition) is 3. The number of aliphatic hydroxyl groups excluding tert-OH is 1. The van der Waals surface area contributed by atoms with Gasteiger partial charge in [-0.15, -0.1) is 0 Å². The molecule has 2 unspecified atom stereocenters. The average molecular weight is 1300 g/mol. The number of hydrogen-bond acceptors (Lipinski definition) is 15. The van der Waals surface area contributed by atoms with Crippen molar-refractivity contribution in [3.63, 3.8) is 0 Å². The molecule has 0 aliphatic rings. The summed E-state index contributed by atoms with van der Waals surface area (Å²) in [7, 11) is -9.89. The van der Waals surface area contributed by atoms with Crippen LogP contribution in [0.15, 0.2) is 0 Å². The fourth-order valence-corrected chi connectivity index (χ4v) is 12.1. The Balaban J connectivity index is 5.23. The third kappa shape index (κ3) is 62.8. The Labute approximate surface area is 537 Å². The second-order valence-electron chi connectivity index (χ2n) is 24.9. The monoisotopic (exact) mass is 1300 g/mol. The zero-order chi connectivity index (χ0) is 64.7. The molecule has 0 saturated carbocycles. The molecule has 0 aliphatic carbocycles. The topological polar surface area (TPSA) is 237 Å². The molecule has 522 valence electrons. The molecule has 0 rings (SSSR count). The van der Waals surface area contributed by atoms with Gasteiger partial charge in [0.2, 0.25) is 0 Å². The second kappa shape index (κ2) is 63.8. The van der Waals surface area contributed by atoms with E-state index >= 15 is 0 Å². The molecule has 0 bridgehead atoms. The Morgan fingerprint density at radius 3 is 0.670 bits per heavy atom. The lowest BCUT2D eigenvalue weighted by atomic mass is 10.0. The first-order chi connectivity index (χ1) is 42.7. The van der Waals surface area contributed by atoms with Gasteiger partial charge in [-0.2, -0.15) is 0 Å². The van der Waals surface area contributed by atoms with Crippen molar-refractivity contribution in [2.75, 3.05) is 39.6 Å². The lowest BCUT2D eigenvalue weighted by Crippen LogP contribution is -2.30. The van der Waals surface area contributed by atoms with E-state index in [9.17, 15) is 43.2 Å². The van der Waals surface area contributed by atoms with Crippen LogP contribution in [-0.2, 0) is 65.4 Å². The third-order valence-corrected chi connectivity index (χ3v) is 18.0. The summed E-state index contributed by atoms with van der Waals surface area (Å²) in [4.78, 5) is 72.4. The largest absolute Gasteiger partial charge is 0.472 e. The number of aliphatic hydroxyl groups is 1. The van der Waals surface area contributed by atoms with Crippen molar-refractivity contribution in [3.8, 4) is 0 Å². The second-order valence-corrected chi connectivity index (χ2v) is 27.8. The van der Waals surface area contributed by atoms with Crippen LogP contribution in [-0.4, -0.2) is 96.7 Å². The van der Waals surface area contributed by atoms with Crippen LogP contribution >= 0.6 is 15.6 Å². The summed E-state index contributed by atoms with van der Waals surface area (Å²) < 4.78 is 68.2. The standard InChI is InChI=1S/C69H134O17P2/c1-5-9-13-17-21-25-28-30-32-35-38-42-46-50-54-67(72)80-60-65(86-69(74)56-52-48-44-40-36-33-31-29-26-22-18-14-10-6-2)62-84-88(77,78)82-58-63(70)57-81-87(75,76)83-61-64(59-79-66(71)53-49-45-41-37-24-20-16-12-8-4)85-68(73)55-51-47-43-39-34-27-23-19-15-11-7-3/h63-65,70H,5-62H2,1-4H3,(H,75,76)(H,77,78)/t63-,64+,65+/m0/s1. The molecular formula is C69H134O17P2. The molecule has 5 atom stereocenters. The summed E-state index contributed by atoms with van der Waals surface area (Å²) in [5.41, 5.74) is 0. The van der Waals surface area contributed by atoms with Crippen molar-refractivity contribution in [3.05, 3.63) is 0 Å². The van der Waals surface area contributed by atoms with Crippen molar-refractivity contribution in [2.24, 2.45) is 0 Å². The normalized spacial score (nSPS) is 14.0. The van der Waals surface area contributed by atoms with E-state index in [4.69, 9.17) is 37.0 Å². The van der Waals surface area contributed by atoms with E-state index in [1.807, 2.05) is 0 Å². The van der Waals surface area contributed by atoms with Crippen LogP contribution in [0.2, 0.25) is 0 Å². The Bertz CT molecular complexity index is 1690. The molecular weight excluding hydrogens is 1160 g/mol. The highest BCUT2D eigenvalue weighted by atomic mass is 31.2. The minimum absolute atomic E-state index is 0.107. The Morgan fingerprint density at radius 2 is 0.455 bits per heavy atom. The molecule has 0 spiro atoms. The van der Waals surface area contributed by atoms with Gasteiger partial charge >= 0.3 is 39.5 Å². The number of carbonyl (C=O) groups excluding carboxylic acids is 4. The van der Waals surface area contributed by atoms with E-state index in [0.29, 0.717) is 25.7 Å². The summed E-state index contributed by atoms with van der Waals surface area (Å²) in [6.07, 6.45) is 51.1. The average Bonchev–Trinajstić information content (AvgIpc) is 3.71. The number of esters is 4. The maximum Gasteiger partial charge on any atom is 0.472 e. The summed E-state index contributed by atoms with van der Waals surface area (Å²) in [6.45, 7) is 4.93. The van der Waals surface area contributed by atoms with E-state index in [0.717, 1.165) is 89.9 Å². The maximum atomic E-state index is 13.0. The van der Waals surface area contributed by atoms with Gasteiger partial charge in [-0.3, -0.25) is 37.3 Å². The molecule has 0 aliphatic heterocycles. The molecule has 17 nitrogen and oxygen atoms in total. The summed E-state index contributed by atoms with van der Waals surface area (Å²) in [5, 5.41) is 10.6. The van der Waals surface area contributed by atoms with Crippen LogP contribution < -0.4 is 0 Å². The van der Waals surface area contributed by atoms with Crippen LogP contribution in [0.4, 0.5) is 0 Å². The van der Waals surface area contributed by atoms with Gasteiger partial charge in [-0.1, -0.05) is 310 Å². The highest BCUT2D eigenvalue weighted by Crippen LogP contribution is 2.45. The SMILES string of the molecule is CCCCCCCCCCCCCCCCC(=O)OC[C@H](COP(=O)(O)OC[C@@H](O)COP(=O)(O)OC[C@@H](COC(=O)CCCCCCCCCCC)OC(=O)CCCCCCCCCCCCC)OC(=O)CCCCCCCCCCCCCCCC. The zero-order valence-electron chi connectivity index (χ0n) is 56.7. The lowest BCUT2D eigenvalue weighted by Gasteiger charge is -2.21. The van der Waals surface area contributed by atoms with E-state index < -0.39 is 97.5 Å². The Kier molecular flexibility index (Phi) is 62.4. The van der Waals surface area contributed by atoms with Gasteiger partial charge in [0.25, 0.3) is 0 Å². The van der Waals surface area contributed by atoms with Crippen molar-refractivity contribution in [1.29, 1.82) is 0 Å². The minimum atomic E-state index is -4.95. The van der Waals surface area contributed by atoms with Gasteiger partial charge in [0.15, 0.2) is 12.2 Å². The number of unbranched alkanes of at least 4 members (excludes halogenated alkanes) is 44. The molecule has 0 aromatic heterocycles. The van der Waals surface area contributed by atoms with Crippen molar-refractivity contribution < 1.29 is 80.2 Å².